The molecule has 0 fully saturated rings. The number of anilines is 1. The molecule has 1 aromatic rings. The second-order valence-corrected chi connectivity index (χ2v) is 4.70. The fourth-order valence-electron chi connectivity index (χ4n) is 1.69. The molecule has 0 atom stereocenters. The number of ether oxygens (including phenoxy) is 3. The van der Waals surface area contributed by atoms with E-state index >= 15 is 0 Å². The van der Waals surface area contributed by atoms with Gasteiger partial charge in [0.05, 0.1) is 33.5 Å². The van der Waals surface area contributed by atoms with E-state index in [0.29, 0.717) is 32.3 Å². The SMILES string of the molecule is CCCCOCCOCCN=C(N)Nc1cccc(OC)c1. The second-order valence-electron chi connectivity index (χ2n) is 4.70. The van der Waals surface area contributed by atoms with E-state index < -0.39 is 0 Å². The zero-order valence-corrected chi connectivity index (χ0v) is 13.5. The van der Waals surface area contributed by atoms with Crippen molar-refractivity contribution >= 4 is 11.6 Å². The number of benzene rings is 1. The summed E-state index contributed by atoms with van der Waals surface area (Å²) < 4.78 is 16.0. The summed E-state index contributed by atoms with van der Waals surface area (Å²) in [5, 5.41) is 3.01. The molecule has 3 N–H and O–H groups in total. The standard InChI is InChI=1S/C16H27N3O3/c1-3-4-9-21-11-12-22-10-8-18-16(17)19-14-6-5-7-15(13-14)20-2/h5-7,13H,3-4,8-12H2,1-2H3,(H3,17,18,19). The first-order valence-electron chi connectivity index (χ1n) is 7.62. The van der Waals surface area contributed by atoms with Crippen molar-refractivity contribution in [2.75, 3.05) is 45.4 Å². The molecule has 0 bridgehead atoms. The highest BCUT2D eigenvalue weighted by atomic mass is 16.5. The Bertz CT molecular complexity index is 438. The second kappa shape index (κ2) is 11.8. The van der Waals surface area contributed by atoms with Crippen LogP contribution in [-0.4, -0.2) is 46.0 Å². The fourth-order valence-corrected chi connectivity index (χ4v) is 1.69. The summed E-state index contributed by atoms with van der Waals surface area (Å²) in [4.78, 5) is 4.20. The molecule has 0 radical (unpaired) electrons. The smallest absolute Gasteiger partial charge is 0.193 e. The number of nitrogens with two attached hydrogens (primary N) is 1. The number of hydrogen-bond acceptors (Lipinski definition) is 4. The molecular formula is C16H27N3O3. The molecule has 0 aliphatic rings. The number of aliphatic imine (C=N–C) groups is 1. The van der Waals surface area contributed by atoms with Crippen molar-refractivity contribution in [3.63, 3.8) is 0 Å². The molecule has 1 aromatic carbocycles. The zero-order chi connectivity index (χ0) is 16.0. The van der Waals surface area contributed by atoms with Crippen LogP contribution < -0.4 is 15.8 Å². The van der Waals surface area contributed by atoms with Gasteiger partial charge in [-0.1, -0.05) is 19.4 Å². The van der Waals surface area contributed by atoms with Gasteiger partial charge >= 0.3 is 0 Å². The van der Waals surface area contributed by atoms with Gasteiger partial charge in [0.25, 0.3) is 0 Å². The summed E-state index contributed by atoms with van der Waals surface area (Å²) in [6.07, 6.45) is 2.24. The molecule has 1 rings (SSSR count). The van der Waals surface area contributed by atoms with Gasteiger partial charge in [-0.15, -0.1) is 0 Å². The molecular weight excluding hydrogens is 282 g/mol. The maximum absolute atomic E-state index is 5.81. The third-order valence-electron chi connectivity index (χ3n) is 2.87. The van der Waals surface area contributed by atoms with Gasteiger partial charge in [0.15, 0.2) is 5.96 Å². The van der Waals surface area contributed by atoms with Crippen LogP contribution in [0.2, 0.25) is 0 Å². The van der Waals surface area contributed by atoms with Crippen molar-refractivity contribution in [2.45, 2.75) is 19.8 Å². The van der Waals surface area contributed by atoms with E-state index in [2.05, 4.69) is 17.2 Å². The lowest BCUT2D eigenvalue weighted by Gasteiger charge is -2.07. The third-order valence-corrected chi connectivity index (χ3v) is 2.87. The van der Waals surface area contributed by atoms with Crippen molar-refractivity contribution in [2.24, 2.45) is 10.7 Å². The fraction of sp³-hybridized carbons (Fsp3) is 0.562. The number of hydrogen-bond donors (Lipinski definition) is 2. The van der Waals surface area contributed by atoms with Crippen LogP contribution in [0.15, 0.2) is 29.3 Å². The molecule has 22 heavy (non-hydrogen) atoms. The highest BCUT2D eigenvalue weighted by Gasteiger charge is 1.97. The number of rotatable bonds is 11. The molecule has 0 aliphatic carbocycles. The van der Waals surface area contributed by atoms with Crippen LogP contribution in [0.25, 0.3) is 0 Å². The molecule has 0 aromatic heterocycles. The zero-order valence-electron chi connectivity index (χ0n) is 13.5. The van der Waals surface area contributed by atoms with Crippen LogP contribution in [0.4, 0.5) is 5.69 Å². The van der Waals surface area contributed by atoms with E-state index in [-0.39, 0.29) is 0 Å². The van der Waals surface area contributed by atoms with Crippen LogP contribution in [0, 0.1) is 0 Å². The van der Waals surface area contributed by atoms with Crippen LogP contribution >= 0.6 is 0 Å². The Morgan fingerprint density at radius 3 is 2.68 bits per heavy atom. The Kier molecular flexibility index (Phi) is 9.81. The summed E-state index contributed by atoms with van der Waals surface area (Å²) in [6.45, 7) is 5.19. The molecule has 0 amide bonds. The monoisotopic (exact) mass is 309 g/mol. The maximum atomic E-state index is 5.81. The van der Waals surface area contributed by atoms with Gasteiger partial charge in [0.1, 0.15) is 5.75 Å². The third kappa shape index (κ3) is 8.49. The lowest BCUT2D eigenvalue weighted by Crippen LogP contribution is -2.23. The number of methoxy groups -OCH3 is 1. The normalized spacial score (nSPS) is 11.5. The lowest BCUT2D eigenvalue weighted by atomic mass is 10.3. The molecule has 6 nitrogen and oxygen atoms in total. The predicted molar refractivity (Wildman–Crippen MR) is 89.7 cm³/mol. The van der Waals surface area contributed by atoms with Crippen LogP contribution in [0.3, 0.4) is 0 Å². The van der Waals surface area contributed by atoms with Gasteiger partial charge in [-0.2, -0.15) is 0 Å². The van der Waals surface area contributed by atoms with E-state index in [1.807, 2.05) is 24.3 Å². The van der Waals surface area contributed by atoms with Gasteiger partial charge in [0, 0.05) is 18.4 Å². The van der Waals surface area contributed by atoms with Crippen molar-refractivity contribution in [3.05, 3.63) is 24.3 Å². The van der Waals surface area contributed by atoms with E-state index in [0.717, 1.165) is 30.9 Å². The Morgan fingerprint density at radius 1 is 1.18 bits per heavy atom. The van der Waals surface area contributed by atoms with Crippen LogP contribution in [0.5, 0.6) is 5.75 Å². The first-order chi connectivity index (χ1) is 10.8. The molecule has 0 unspecified atom stereocenters. The van der Waals surface area contributed by atoms with Gasteiger partial charge in [-0.3, -0.25) is 4.99 Å². The minimum atomic E-state index is 0.357. The van der Waals surface area contributed by atoms with Crippen molar-refractivity contribution in [3.8, 4) is 5.75 Å². The average molecular weight is 309 g/mol. The maximum Gasteiger partial charge on any atom is 0.193 e. The Balaban J connectivity index is 2.12. The van der Waals surface area contributed by atoms with E-state index in [1.165, 1.54) is 0 Å². The van der Waals surface area contributed by atoms with Crippen LogP contribution in [0.1, 0.15) is 19.8 Å². The molecule has 124 valence electrons. The Labute approximate surface area is 132 Å². The largest absolute Gasteiger partial charge is 0.497 e. The summed E-state index contributed by atoms with van der Waals surface area (Å²) in [5.41, 5.74) is 6.65. The quantitative estimate of drug-likeness (QED) is 0.372. The van der Waals surface area contributed by atoms with Gasteiger partial charge in [-0.25, -0.2) is 0 Å². The minimum absolute atomic E-state index is 0.357. The summed E-state index contributed by atoms with van der Waals surface area (Å²) in [7, 11) is 1.62. The van der Waals surface area contributed by atoms with Crippen molar-refractivity contribution in [1.82, 2.24) is 0 Å². The van der Waals surface area contributed by atoms with Crippen molar-refractivity contribution < 1.29 is 14.2 Å². The van der Waals surface area contributed by atoms with Crippen molar-refractivity contribution in [1.29, 1.82) is 0 Å². The average Bonchev–Trinajstić information content (AvgIpc) is 2.53. The number of unbranched alkanes of at least 4 members (excludes halogenated alkanes) is 1. The highest BCUT2D eigenvalue weighted by molar-refractivity contribution is 5.92. The Morgan fingerprint density at radius 2 is 1.95 bits per heavy atom. The summed E-state index contributed by atoms with van der Waals surface area (Å²) >= 11 is 0. The molecule has 0 saturated carbocycles. The summed E-state index contributed by atoms with van der Waals surface area (Å²) in [6, 6.07) is 7.51. The van der Waals surface area contributed by atoms with Gasteiger partial charge in [0.2, 0.25) is 0 Å². The first-order valence-corrected chi connectivity index (χ1v) is 7.62. The molecule has 6 heteroatoms. The molecule has 0 saturated heterocycles. The number of nitrogens with one attached hydrogen (secondary N) is 1. The molecule has 0 spiro atoms. The van der Waals surface area contributed by atoms with Gasteiger partial charge in [-0.05, 0) is 18.6 Å². The number of guanidine groups is 1. The van der Waals surface area contributed by atoms with Gasteiger partial charge < -0.3 is 25.3 Å². The molecule has 0 heterocycles. The van der Waals surface area contributed by atoms with Crippen LogP contribution in [-0.2, 0) is 9.47 Å². The lowest BCUT2D eigenvalue weighted by molar-refractivity contribution is 0.0498. The summed E-state index contributed by atoms with van der Waals surface area (Å²) in [5.74, 6) is 1.13. The highest BCUT2D eigenvalue weighted by Crippen LogP contribution is 2.16. The number of nitrogens with zero attached hydrogens (tertiary/aromatic N) is 1. The Hall–Kier alpha value is -1.79. The predicted octanol–water partition coefficient (Wildman–Crippen LogP) is 2.26. The first kappa shape index (κ1) is 18.3. The van der Waals surface area contributed by atoms with E-state index in [4.69, 9.17) is 19.9 Å². The van der Waals surface area contributed by atoms with E-state index in [1.54, 1.807) is 7.11 Å². The van der Waals surface area contributed by atoms with E-state index in [9.17, 15) is 0 Å². The minimum Gasteiger partial charge on any atom is -0.497 e. The molecule has 0 aliphatic heterocycles. The topological polar surface area (TPSA) is 78.1 Å².